The maximum Gasteiger partial charge on any atom is 0.215 e. The summed E-state index contributed by atoms with van der Waals surface area (Å²) in [4.78, 5) is 18.4. The number of Topliss-reactive ketones (excluding diaryl/α,β-unsaturated/α-hetero) is 1. The average Bonchev–Trinajstić information content (AvgIpc) is 3.49. The van der Waals surface area contributed by atoms with E-state index in [2.05, 4.69) is 9.88 Å². The monoisotopic (exact) mass is 424 g/mol. The van der Waals surface area contributed by atoms with Gasteiger partial charge in [-0.2, -0.15) is 0 Å². The Morgan fingerprint density at radius 1 is 1.19 bits per heavy atom. The van der Waals surface area contributed by atoms with Crippen LogP contribution in [0.25, 0.3) is 0 Å². The van der Waals surface area contributed by atoms with Crippen molar-refractivity contribution in [3.8, 4) is 11.6 Å². The zero-order valence-electron chi connectivity index (χ0n) is 18.4. The van der Waals surface area contributed by atoms with Crippen molar-refractivity contribution in [1.82, 2.24) is 4.98 Å². The van der Waals surface area contributed by atoms with Crippen LogP contribution in [-0.2, 0) is 4.79 Å². The van der Waals surface area contributed by atoms with Crippen molar-refractivity contribution >= 4 is 11.5 Å². The van der Waals surface area contributed by atoms with Crippen LogP contribution in [0.3, 0.4) is 0 Å². The van der Waals surface area contributed by atoms with Gasteiger partial charge in [-0.3, -0.25) is 4.79 Å². The van der Waals surface area contributed by atoms with Crippen LogP contribution in [0, 0.1) is 5.92 Å². The fourth-order valence-corrected chi connectivity index (χ4v) is 3.88. The molecule has 6 heteroatoms. The number of anilines is 1. The summed E-state index contributed by atoms with van der Waals surface area (Å²) in [6.07, 6.45) is 4.87. The molecule has 1 saturated carbocycles. The molecule has 0 bridgehead atoms. The number of pyridine rings is 1. The van der Waals surface area contributed by atoms with Crippen molar-refractivity contribution in [1.29, 1.82) is 0 Å². The van der Waals surface area contributed by atoms with Crippen LogP contribution in [-0.4, -0.2) is 47.8 Å². The number of nitrogens with zero attached hydrogens (tertiary/aromatic N) is 2. The molecule has 1 saturated heterocycles. The molecule has 2 aliphatic rings. The number of aliphatic hydroxyl groups is 1. The first-order valence-electron chi connectivity index (χ1n) is 11.3. The van der Waals surface area contributed by atoms with Gasteiger partial charge in [0.15, 0.2) is 5.78 Å². The summed E-state index contributed by atoms with van der Waals surface area (Å²) in [5.74, 6) is 2.20. The number of aromatic nitrogens is 1. The van der Waals surface area contributed by atoms with E-state index >= 15 is 0 Å². The summed E-state index contributed by atoms with van der Waals surface area (Å²) in [6, 6.07) is 12.0. The molecule has 0 radical (unpaired) electrons. The lowest BCUT2D eigenvalue weighted by Crippen LogP contribution is -2.24. The fraction of sp³-hybridized carbons (Fsp3) is 0.520. The number of ether oxygens (including phenoxy) is 2. The van der Waals surface area contributed by atoms with E-state index in [1.165, 1.54) is 19.8 Å². The number of carbonyl (C=O) groups is 1. The van der Waals surface area contributed by atoms with Crippen LogP contribution >= 0.6 is 0 Å². The van der Waals surface area contributed by atoms with Crippen LogP contribution < -0.4 is 14.4 Å². The zero-order chi connectivity index (χ0) is 21.8. The highest BCUT2D eigenvalue weighted by atomic mass is 16.5. The van der Waals surface area contributed by atoms with Crippen molar-refractivity contribution in [2.75, 3.05) is 24.6 Å². The van der Waals surface area contributed by atoms with E-state index < -0.39 is 6.10 Å². The number of ketones is 1. The maximum atomic E-state index is 11.8. The highest BCUT2D eigenvalue weighted by Crippen LogP contribution is 2.30. The van der Waals surface area contributed by atoms with Crippen molar-refractivity contribution in [2.24, 2.45) is 5.92 Å². The van der Waals surface area contributed by atoms with Crippen LogP contribution in [0.15, 0.2) is 42.6 Å². The molecule has 1 N–H and O–H groups in total. The molecular formula is C25H32N2O4. The number of benzene rings is 1. The van der Waals surface area contributed by atoms with Gasteiger partial charge in [0.05, 0.1) is 13.2 Å². The van der Waals surface area contributed by atoms with E-state index in [1.807, 2.05) is 49.5 Å². The van der Waals surface area contributed by atoms with Gasteiger partial charge in [0, 0.05) is 37.3 Å². The topological polar surface area (TPSA) is 71.9 Å². The molecule has 1 unspecified atom stereocenters. The van der Waals surface area contributed by atoms with Gasteiger partial charge in [0.1, 0.15) is 18.0 Å². The Balaban J connectivity index is 1.29. The molecule has 0 spiro atoms. The summed E-state index contributed by atoms with van der Waals surface area (Å²) in [5.41, 5.74) is 2.20. The Morgan fingerprint density at radius 2 is 1.97 bits per heavy atom. The molecule has 3 atom stereocenters. The number of hydrogen-bond acceptors (Lipinski definition) is 6. The first kappa shape index (κ1) is 21.6. The lowest BCUT2D eigenvalue weighted by Gasteiger charge is -2.20. The highest BCUT2D eigenvalue weighted by molar-refractivity contribution is 5.83. The second-order valence-corrected chi connectivity index (χ2v) is 8.90. The minimum absolute atomic E-state index is 0.0705. The smallest absolute Gasteiger partial charge is 0.215 e. The number of rotatable bonds is 10. The molecular weight excluding hydrogens is 392 g/mol. The van der Waals surface area contributed by atoms with Gasteiger partial charge in [-0.25, -0.2) is 4.98 Å². The molecule has 1 aliphatic carbocycles. The molecule has 4 rings (SSSR count). The molecule has 0 amide bonds. The van der Waals surface area contributed by atoms with E-state index in [-0.39, 0.29) is 17.8 Å². The van der Waals surface area contributed by atoms with Crippen LogP contribution in [0.5, 0.6) is 11.6 Å². The Hall–Kier alpha value is -2.60. The molecule has 1 aromatic heterocycles. The van der Waals surface area contributed by atoms with E-state index in [9.17, 15) is 9.90 Å². The molecule has 2 aromatic rings. The molecule has 2 heterocycles. The fourth-order valence-electron chi connectivity index (χ4n) is 3.88. The van der Waals surface area contributed by atoms with Crippen molar-refractivity contribution in [2.45, 2.75) is 57.7 Å². The second-order valence-electron chi connectivity index (χ2n) is 8.90. The Labute approximate surface area is 184 Å². The highest BCUT2D eigenvalue weighted by Gasteiger charge is 2.26. The number of hydrogen-bond donors (Lipinski definition) is 1. The maximum absolute atomic E-state index is 11.8. The minimum atomic E-state index is -0.906. The third kappa shape index (κ3) is 5.97. The lowest BCUT2D eigenvalue weighted by atomic mass is 9.94. The van der Waals surface area contributed by atoms with E-state index in [4.69, 9.17) is 9.47 Å². The molecule has 31 heavy (non-hydrogen) atoms. The SMILES string of the molecule is C[C@H](CC(=O)[C@@H](C)O)c1ccc(OC2CCN(c3ccnc(OCC4CC4)c3)C2)cc1. The summed E-state index contributed by atoms with van der Waals surface area (Å²) < 4.78 is 12.0. The zero-order valence-corrected chi connectivity index (χ0v) is 18.4. The summed E-state index contributed by atoms with van der Waals surface area (Å²) in [6.45, 7) is 6.05. The normalized spacial score (nSPS) is 20.4. The second kappa shape index (κ2) is 9.69. The number of carbonyl (C=O) groups excluding carboxylic acids is 1. The quantitative estimate of drug-likeness (QED) is 0.622. The van der Waals surface area contributed by atoms with Crippen LogP contribution in [0.2, 0.25) is 0 Å². The largest absolute Gasteiger partial charge is 0.489 e. The summed E-state index contributed by atoms with van der Waals surface area (Å²) in [5, 5.41) is 9.41. The van der Waals surface area contributed by atoms with Gasteiger partial charge in [0.2, 0.25) is 5.88 Å². The van der Waals surface area contributed by atoms with Crippen LogP contribution in [0.4, 0.5) is 5.69 Å². The predicted molar refractivity (Wildman–Crippen MR) is 120 cm³/mol. The van der Waals surface area contributed by atoms with Gasteiger partial charge in [-0.05, 0) is 55.4 Å². The molecule has 1 aromatic carbocycles. The summed E-state index contributed by atoms with van der Waals surface area (Å²) in [7, 11) is 0. The van der Waals surface area contributed by atoms with Crippen molar-refractivity contribution < 1.29 is 19.4 Å². The lowest BCUT2D eigenvalue weighted by molar-refractivity contribution is -0.126. The number of aliphatic hydroxyl groups excluding tert-OH is 1. The predicted octanol–water partition coefficient (Wildman–Crippen LogP) is 3.97. The van der Waals surface area contributed by atoms with E-state index in [0.29, 0.717) is 18.2 Å². The third-order valence-electron chi connectivity index (χ3n) is 6.12. The standard InChI is InChI=1S/C25H32N2O4/c1-17(13-24(29)18(2)28)20-5-7-22(8-6-20)31-23-10-12-27(15-23)21-9-11-26-25(14-21)30-16-19-3-4-19/h5-9,11,14,17-19,23,28H,3-4,10,12-13,15-16H2,1-2H3/t17-,18-,23?/m1/s1. The molecule has 1 aliphatic heterocycles. The summed E-state index contributed by atoms with van der Waals surface area (Å²) >= 11 is 0. The third-order valence-corrected chi connectivity index (χ3v) is 6.12. The van der Waals surface area contributed by atoms with Gasteiger partial charge in [-0.15, -0.1) is 0 Å². The van der Waals surface area contributed by atoms with E-state index in [0.717, 1.165) is 43.1 Å². The van der Waals surface area contributed by atoms with Gasteiger partial charge >= 0.3 is 0 Å². The Morgan fingerprint density at radius 3 is 2.68 bits per heavy atom. The minimum Gasteiger partial charge on any atom is -0.489 e. The molecule has 166 valence electrons. The van der Waals surface area contributed by atoms with Gasteiger partial charge in [0.25, 0.3) is 0 Å². The van der Waals surface area contributed by atoms with Crippen molar-refractivity contribution in [3.63, 3.8) is 0 Å². The van der Waals surface area contributed by atoms with Crippen LogP contribution in [0.1, 0.15) is 51.0 Å². The average molecular weight is 425 g/mol. The van der Waals surface area contributed by atoms with Crippen molar-refractivity contribution in [3.05, 3.63) is 48.2 Å². The Kier molecular flexibility index (Phi) is 6.76. The first-order valence-corrected chi connectivity index (χ1v) is 11.3. The van der Waals surface area contributed by atoms with E-state index in [1.54, 1.807) is 0 Å². The first-order chi connectivity index (χ1) is 15.0. The molecule has 6 nitrogen and oxygen atoms in total. The molecule has 2 fully saturated rings. The Bertz CT molecular complexity index is 879. The van der Waals surface area contributed by atoms with Gasteiger partial charge < -0.3 is 19.5 Å². The van der Waals surface area contributed by atoms with Gasteiger partial charge in [-0.1, -0.05) is 19.1 Å².